The molecule has 2 nitrogen and oxygen atoms in total. The lowest BCUT2D eigenvalue weighted by molar-refractivity contribution is 0.369. The van der Waals surface area contributed by atoms with Gasteiger partial charge in [-0.15, -0.1) is 0 Å². The molecule has 0 aliphatic carbocycles. The molecule has 0 atom stereocenters. The molecule has 0 spiro atoms. The minimum atomic E-state index is 0.593. The average molecular weight is 346 g/mol. The van der Waals surface area contributed by atoms with Gasteiger partial charge in [0.2, 0.25) is 0 Å². The Kier molecular flexibility index (Phi) is 4.81. The second-order valence-electron chi connectivity index (χ2n) is 5.85. The maximum atomic E-state index is 5.85. The summed E-state index contributed by atoms with van der Waals surface area (Å²) >= 11 is 0. The van der Waals surface area contributed by atoms with E-state index in [1.54, 1.807) is 0 Å². The third-order valence-electron chi connectivity index (χ3n) is 4.12. The lowest BCUT2D eigenvalue weighted by Gasteiger charge is -2.09. The first-order valence-electron chi connectivity index (χ1n) is 8.32. The fraction of sp³-hybridized carbons (Fsp3) is 0.0909. The molecule has 124 valence electrons. The molecule has 0 aliphatic heterocycles. The van der Waals surface area contributed by atoms with Gasteiger partial charge in [-0.1, -0.05) is 60.7 Å². The number of fused-ring (bicyclic) bond motifs is 2. The zero-order valence-electron chi connectivity index (χ0n) is 13.8. The van der Waals surface area contributed by atoms with E-state index in [0.29, 0.717) is 21.3 Å². The highest BCUT2D eigenvalue weighted by Gasteiger charge is 1.99. The van der Waals surface area contributed by atoms with E-state index in [4.69, 9.17) is 9.47 Å². The number of benzene rings is 4. The zero-order valence-corrected chi connectivity index (χ0v) is 14.8. The van der Waals surface area contributed by atoms with Crippen LogP contribution < -0.4 is 9.47 Å². The number of hydrogen-bond acceptors (Lipinski definition) is 2. The van der Waals surface area contributed by atoms with Crippen LogP contribution in [0.25, 0.3) is 21.5 Å². The highest BCUT2D eigenvalue weighted by molar-refractivity contribution is 7.37. The molecule has 0 N–H and O–H groups in total. The van der Waals surface area contributed by atoms with Crippen molar-refractivity contribution >= 4 is 30.1 Å². The van der Waals surface area contributed by atoms with Crippen LogP contribution in [0.2, 0.25) is 0 Å². The molecule has 0 unspecified atom stereocenters. The molecule has 0 bridgehead atoms. The molecule has 0 radical (unpaired) electrons. The van der Waals surface area contributed by atoms with Crippen LogP contribution in [0.4, 0.5) is 0 Å². The lowest BCUT2D eigenvalue weighted by Crippen LogP contribution is -1.96. The fourth-order valence-electron chi connectivity index (χ4n) is 2.82. The highest BCUT2D eigenvalue weighted by atomic mass is 31.1. The van der Waals surface area contributed by atoms with Gasteiger partial charge in [-0.3, -0.25) is 0 Å². The number of hydrogen-bond donors (Lipinski definition) is 0. The summed E-state index contributed by atoms with van der Waals surface area (Å²) in [6.07, 6.45) is 1.35. The molecule has 0 saturated heterocycles. The summed E-state index contributed by atoms with van der Waals surface area (Å²) in [4.78, 5) is 0. The van der Waals surface area contributed by atoms with Crippen LogP contribution in [0.15, 0.2) is 84.9 Å². The maximum Gasteiger partial charge on any atom is 0.120 e. The molecule has 25 heavy (non-hydrogen) atoms. The summed E-state index contributed by atoms with van der Waals surface area (Å²) < 4.78 is 11.7. The third kappa shape index (κ3) is 3.92. The summed E-state index contributed by atoms with van der Waals surface area (Å²) in [5.74, 6) is 1.83. The maximum absolute atomic E-state index is 5.85. The molecule has 0 aliphatic rings. The molecular formula is C22H19O2P. The van der Waals surface area contributed by atoms with E-state index in [0.717, 1.165) is 11.5 Å². The van der Waals surface area contributed by atoms with Crippen LogP contribution in [0.1, 0.15) is 0 Å². The van der Waals surface area contributed by atoms with Crippen LogP contribution in [-0.2, 0) is 0 Å². The predicted molar refractivity (Wildman–Crippen MR) is 107 cm³/mol. The molecule has 0 amide bonds. The Balaban J connectivity index is 1.28. The molecule has 4 aromatic carbocycles. The minimum absolute atomic E-state index is 0.593. The van der Waals surface area contributed by atoms with Gasteiger partial charge in [0.1, 0.15) is 24.2 Å². The minimum Gasteiger partial charge on any atom is -0.489 e. The lowest BCUT2D eigenvalue weighted by atomic mass is 10.1. The Morgan fingerprint density at radius 2 is 0.960 bits per heavy atom. The van der Waals surface area contributed by atoms with Gasteiger partial charge in [-0.25, -0.2) is 0 Å². The van der Waals surface area contributed by atoms with Gasteiger partial charge in [0.15, 0.2) is 0 Å². The molecule has 4 aromatic rings. The van der Waals surface area contributed by atoms with E-state index in [2.05, 4.69) is 48.5 Å². The monoisotopic (exact) mass is 346 g/mol. The van der Waals surface area contributed by atoms with Gasteiger partial charge in [0.05, 0.1) is 0 Å². The van der Waals surface area contributed by atoms with Gasteiger partial charge in [0.25, 0.3) is 0 Å². The third-order valence-corrected chi connectivity index (χ3v) is 4.82. The van der Waals surface area contributed by atoms with Crippen molar-refractivity contribution in [1.82, 2.24) is 0 Å². The quantitative estimate of drug-likeness (QED) is 0.313. The highest BCUT2D eigenvalue weighted by Crippen LogP contribution is 2.24. The van der Waals surface area contributed by atoms with E-state index in [9.17, 15) is 0 Å². The summed E-state index contributed by atoms with van der Waals surface area (Å²) in [5, 5.41) is 4.88. The van der Waals surface area contributed by atoms with Gasteiger partial charge >= 0.3 is 0 Å². The van der Waals surface area contributed by atoms with E-state index in [1.165, 1.54) is 21.5 Å². The van der Waals surface area contributed by atoms with E-state index in [-0.39, 0.29) is 0 Å². The van der Waals surface area contributed by atoms with Gasteiger partial charge in [0, 0.05) is 0 Å². The van der Waals surface area contributed by atoms with Crippen molar-refractivity contribution in [3.8, 4) is 11.5 Å². The Bertz CT molecular complexity index is 916. The second kappa shape index (κ2) is 7.55. The standard InChI is InChI=1S/C22H19O2P/c1-3-7-19-13-21(11-9-17(19)5-1)23-15-25-16-24-22-12-10-18-6-2-4-8-20(18)14-22/h1-14,25H,15-16H2. The topological polar surface area (TPSA) is 18.5 Å². The average Bonchev–Trinajstić information content (AvgIpc) is 2.67. The van der Waals surface area contributed by atoms with Crippen molar-refractivity contribution in [2.45, 2.75) is 0 Å². The number of rotatable bonds is 6. The Labute approximate surface area is 149 Å². The van der Waals surface area contributed by atoms with Crippen molar-refractivity contribution in [1.29, 1.82) is 0 Å². The van der Waals surface area contributed by atoms with Gasteiger partial charge in [-0.2, -0.15) is 0 Å². The number of ether oxygens (including phenoxy) is 2. The molecule has 3 heteroatoms. The van der Waals surface area contributed by atoms with Gasteiger partial charge in [-0.05, 0) is 54.4 Å². The summed E-state index contributed by atoms with van der Waals surface area (Å²) in [6, 6.07) is 29.0. The summed E-state index contributed by atoms with van der Waals surface area (Å²) in [5.41, 5.74) is 0. The van der Waals surface area contributed by atoms with E-state index >= 15 is 0 Å². The molecule has 4 rings (SSSR count). The predicted octanol–water partition coefficient (Wildman–Crippen LogP) is 6.04. The van der Waals surface area contributed by atoms with E-state index in [1.807, 2.05) is 36.4 Å². The first-order chi connectivity index (χ1) is 12.4. The summed E-state index contributed by atoms with van der Waals surface area (Å²) in [6.45, 7) is 0. The van der Waals surface area contributed by atoms with Crippen LogP contribution in [0.5, 0.6) is 11.5 Å². The smallest absolute Gasteiger partial charge is 0.120 e. The first-order valence-corrected chi connectivity index (χ1v) is 9.74. The van der Waals surface area contributed by atoms with Crippen molar-refractivity contribution < 1.29 is 9.47 Å². The van der Waals surface area contributed by atoms with Crippen LogP contribution in [0, 0.1) is 0 Å². The normalized spacial score (nSPS) is 10.9. The van der Waals surface area contributed by atoms with Crippen LogP contribution >= 0.6 is 8.58 Å². The molecule has 0 saturated carbocycles. The Morgan fingerprint density at radius 1 is 0.520 bits per heavy atom. The first kappa shape index (κ1) is 15.9. The Hall–Kier alpha value is -2.57. The van der Waals surface area contributed by atoms with Crippen molar-refractivity contribution in [3.05, 3.63) is 84.9 Å². The SMILES string of the molecule is c1ccc2cc(OCPCOc3ccc4ccccc4c3)ccc2c1. The Morgan fingerprint density at radius 3 is 1.44 bits per heavy atom. The van der Waals surface area contributed by atoms with Crippen LogP contribution in [0.3, 0.4) is 0 Å². The van der Waals surface area contributed by atoms with Crippen molar-refractivity contribution in [2.24, 2.45) is 0 Å². The summed E-state index contributed by atoms with van der Waals surface area (Å²) in [7, 11) is 0.593. The van der Waals surface area contributed by atoms with Crippen molar-refractivity contribution in [3.63, 3.8) is 0 Å². The fourth-order valence-corrected chi connectivity index (χ4v) is 3.45. The zero-order chi connectivity index (χ0) is 16.9. The van der Waals surface area contributed by atoms with E-state index < -0.39 is 0 Å². The van der Waals surface area contributed by atoms with Gasteiger partial charge < -0.3 is 9.47 Å². The second-order valence-corrected chi connectivity index (χ2v) is 6.92. The molecule has 0 heterocycles. The largest absolute Gasteiger partial charge is 0.489 e. The van der Waals surface area contributed by atoms with Crippen LogP contribution in [-0.4, -0.2) is 12.7 Å². The molecular weight excluding hydrogens is 327 g/mol. The molecule has 0 fully saturated rings. The van der Waals surface area contributed by atoms with Crippen molar-refractivity contribution in [2.75, 3.05) is 12.7 Å². The molecule has 0 aromatic heterocycles.